The third kappa shape index (κ3) is 0.682. The lowest BCUT2D eigenvalue weighted by Gasteiger charge is -2.35. The van der Waals surface area contributed by atoms with Crippen molar-refractivity contribution in [3.63, 3.8) is 0 Å². The van der Waals surface area contributed by atoms with Crippen LogP contribution < -0.4 is 0 Å². The van der Waals surface area contributed by atoms with Gasteiger partial charge in [0.1, 0.15) is 0 Å². The van der Waals surface area contributed by atoms with Crippen LogP contribution >= 0.6 is 0 Å². The molecule has 0 spiro atoms. The highest BCUT2D eigenvalue weighted by molar-refractivity contribution is 4.98. The Morgan fingerprint density at radius 3 is 2.43 bits per heavy atom. The molecule has 0 amide bonds. The van der Waals surface area contributed by atoms with E-state index in [0.717, 1.165) is 13.0 Å². The smallest absolute Gasteiger partial charge is 0.0853 e. The maximum Gasteiger partial charge on any atom is 0.0853 e. The van der Waals surface area contributed by atoms with E-state index in [4.69, 9.17) is 4.74 Å². The molecule has 0 N–H and O–H groups in total. The molecule has 0 aromatic carbocycles. The van der Waals surface area contributed by atoms with Crippen molar-refractivity contribution in [1.82, 2.24) is 0 Å². The highest BCUT2D eigenvalue weighted by Gasteiger charge is 2.28. The summed E-state index contributed by atoms with van der Waals surface area (Å²) in [5.41, 5.74) is 0.0278. The Morgan fingerprint density at radius 1 is 1.86 bits per heavy atom. The van der Waals surface area contributed by atoms with Crippen molar-refractivity contribution in [1.29, 1.82) is 0 Å². The van der Waals surface area contributed by atoms with E-state index in [2.05, 4.69) is 6.58 Å². The topological polar surface area (TPSA) is 9.23 Å². The fourth-order valence-electron chi connectivity index (χ4n) is 0.585. The predicted octanol–water partition coefficient (Wildman–Crippen LogP) is 1.35. The van der Waals surface area contributed by atoms with E-state index >= 15 is 0 Å². The first-order valence-corrected chi connectivity index (χ1v) is 2.54. The Hall–Kier alpha value is -0.300. The largest absolute Gasteiger partial charge is 0.371 e. The molecule has 7 heavy (non-hydrogen) atoms. The van der Waals surface area contributed by atoms with E-state index in [0.29, 0.717) is 0 Å². The maximum atomic E-state index is 5.15. The molecule has 1 unspecified atom stereocenters. The number of rotatable bonds is 1. The Kier molecular flexibility index (Phi) is 0.927. The Labute approximate surface area is 44.0 Å². The lowest BCUT2D eigenvalue weighted by Crippen LogP contribution is -2.37. The fraction of sp³-hybridized carbons (Fsp3) is 0.667. The van der Waals surface area contributed by atoms with Gasteiger partial charge in [-0.1, -0.05) is 6.08 Å². The minimum absolute atomic E-state index is 0.0278. The van der Waals surface area contributed by atoms with E-state index < -0.39 is 0 Å². The third-order valence-electron chi connectivity index (χ3n) is 1.46. The summed E-state index contributed by atoms with van der Waals surface area (Å²) in [4.78, 5) is 0. The predicted molar refractivity (Wildman–Crippen MR) is 29.2 cm³/mol. The second-order valence-corrected chi connectivity index (χ2v) is 2.12. The van der Waals surface area contributed by atoms with Crippen LogP contribution in [0.2, 0.25) is 0 Å². The van der Waals surface area contributed by atoms with Gasteiger partial charge in [-0.25, -0.2) is 0 Å². The van der Waals surface area contributed by atoms with Gasteiger partial charge in [-0.05, 0) is 6.92 Å². The fourth-order valence-corrected chi connectivity index (χ4v) is 0.585. The standard InChI is InChI=1S/C6H10O/c1-3-6(2)4-5-7-6/h3H,1,4-5H2,2H3. The van der Waals surface area contributed by atoms with Gasteiger partial charge in [-0.15, -0.1) is 6.58 Å². The first kappa shape index (κ1) is 4.85. The average Bonchev–Trinajstić information content (AvgIpc) is 1.61. The molecule has 1 atom stereocenters. The summed E-state index contributed by atoms with van der Waals surface area (Å²) in [5, 5.41) is 0. The molecule has 1 aliphatic heterocycles. The van der Waals surface area contributed by atoms with E-state index in [1.54, 1.807) is 0 Å². The normalized spacial score (nSPS) is 39.6. The van der Waals surface area contributed by atoms with Gasteiger partial charge in [0.15, 0.2) is 0 Å². The van der Waals surface area contributed by atoms with Crippen molar-refractivity contribution in [3.8, 4) is 0 Å². The van der Waals surface area contributed by atoms with Gasteiger partial charge in [0, 0.05) is 6.42 Å². The van der Waals surface area contributed by atoms with E-state index in [1.807, 2.05) is 13.0 Å². The highest BCUT2D eigenvalue weighted by atomic mass is 16.5. The van der Waals surface area contributed by atoms with Gasteiger partial charge in [-0.3, -0.25) is 0 Å². The monoisotopic (exact) mass is 98.1 g/mol. The molecule has 1 saturated heterocycles. The molecule has 1 heteroatoms. The molecule has 1 fully saturated rings. The lowest BCUT2D eigenvalue weighted by atomic mass is 9.98. The molecule has 0 aliphatic carbocycles. The van der Waals surface area contributed by atoms with Gasteiger partial charge in [0.25, 0.3) is 0 Å². The molecular formula is C6H10O. The second-order valence-electron chi connectivity index (χ2n) is 2.12. The van der Waals surface area contributed by atoms with Crippen molar-refractivity contribution in [2.24, 2.45) is 0 Å². The number of ether oxygens (including phenoxy) is 1. The van der Waals surface area contributed by atoms with Crippen LogP contribution in [0.1, 0.15) is 13.3 Å². The summed E-state index contributed by atoms with van der Waals surface area (Å²) in [6.45, 7) is 6.58. The number of hydrogen-bond donors (Lipinski definition) is 0. The van der Waals surface area contributed by atoms with Crippen molar-refractivity contribution in [2.75, 3.05) is 6.61 Å². The zero-order valence-electron chi connectivity index (χ0n) is 4.61. The summed E-state index contributed by atoms with van der Waals surface area (Å²) >= 11 is 0. The summed E-state index contributed by atoms with van der Waals surface area (Å²) in [5.74, 6) is 0. The molecular weight excluding hydrogens is 88.1 g/mol. The van der Waals surface area contributed by atoms with Gasteiger partial charge >= 0.3 is 0 Å². The lowest BCUT2D eigenvalue weighted by molar-refractivity contribution is -0.0981. The first-order valence-electron chi connectivity index (χ1n) is 2.54. The zero-order valence-corrected chi connectivity index (χ0v) is 4.61. The molecule has 0 aromatic rings. The average molecular weight is 98.1 g/mol. The summed E-state index contributed by atoms with van der Waals surface area (Å²) in [6.07, 6.45) is 2.99. The molecule has 0 bridgehead atoms. The van der Waals surface area contributed by atoms with Crippen LogP contribution in [0.3, 0.4) is 0 Å². The molecule has 40 valence electrons. The van der Waals surface area contributed by atoms with Gasteiger partial charge in [0.05, 0.1) is 12.2 Å². The van der Waals surface area contributed by atoms with E-state index in [-0.39, 0.29) is 5.60 Å². The molecule has 1 aliphatic rings. The molecule has 1 heterocycles. The van der Waals surface area contributed by atoms with Crippen LogP contribution in [0.15, 0.2) is 12.7 Å². The summed E-state index contributed by atoms with van der Waals surface area (Å²) < 4.78 is 5.15. The van der Waals surface area contributed by atoms with E-state index in [9.17, 15) is 0 Å². The Balaban J connectivity index is 2.43. The van der Waals surface area contributed by atoms with Crippen LogP contribution in [-0.4, -0.2) is 12.2 Å². The summed E-state index contributed by atoms with van der Waals surface area (Å²) in [6, 6.07) is 0. The SMILES string of the molecule is C=CC1(C)CCO1. The zero-order chi connectivity index (χ0) is 5.33. The van der Waals surface area contributed by atoms with Crippen LogP contribution in [0.25, 0.3) is 0 Å². The van der Waals surface area contributed by atoms with Gasteiger partial charge < -0.3 is 4.74 Å². The Morgan fingerprint density at radius 2 is 2.43 bits per heavy atom. The third-order valence-corrected chi connectivity index (χ3v) is 1.46. The van der Waals surface area contributed by atoms with Crippen molar-refractivity contribution < 1.29 is 4.74 Å². The summed E-state index contributed by atoms with van der Waals surface area (Å²) in [7, 11) is 0. The van der Waals surface area contributed by atoms with Crippen LogP contribution in [0.5, 0.6) is 0 Å². The van der Waals surface area contributed by atoms with E-state index in [1.165, 1.54) is 0 Å². The Bertz CT molecular complexity index is 82.2. The van der Waals surface area contributed by atoms with Gasteiger partial charge in [-0.2, -0.15) is 0 Å². The van der Waals surface area contributed by atoms with Crippen molar-refractivity contribution in [2.45, 2.75) is 18.9 Å². The molecule has 0 saturated carbocycles. The van der Waals surface area contributed by atoms with Crippen LogP contribution in [0.4, 0.5) is 0 Å². The minimum Gasteiger partial charge on any atom is -0.371 e. The van der Waals surface area contributed by atoms with Crippen LogP contribution in [-0.2, 0) is 4.74 Å². The first-order chi connectivity index (χ1) is 3.27. The highest BCUT2D eigenvalue weighted by Crippen LogP contribution is 2.25. The quantitative estimate of drug-likeness (QED) is 0.450. The van der Waals surface area contributed by atoms with Crippen LogP contribution in [0, 0.1) is 0 Å². The number of hydrogen-bond acceptors (Lipinski definition) is 1. The van der Waals surface area contributed by atoms with Crippen molar-refractivity contribution in [3.05, 3.63) is 12.7 Å². The molecule has 0 radical (unpaired) electrons. The maximum absolute atomic E-state index is 5.15. The second kappa shape index (κ2) is 1.34. The molecule has 0 aromatic heterocycles. The minimum atomic E-state index is 0.0278. The molecule has 1 rings (SSSR count). The molecule has 1 nitrogen and oxygen atoms in total. The van der Waals surface area contributed by atoms with Gasteiger partial charge in [0.2, 0.25) is 0 Å². The van der Waals surface area contributed by atoms with Crippen molar-refractivity contribution >= 4 is 0 Å².